The zero-order chi connectivity index (χ0) is 14.8. The summed E-state index contributed by atoms with van der Waals surface area (Å²) in [5, 5.41) is 0. The Hall–Kier alpha value is -2.02. The van der Waals surface area contributed by atoms with Crippen molar-refractivity contribution in [2.75, 3.05) is 0 Å². The Labute approximate surface area is 127 Å². The fourth-order valence-corrected chi connectivity index (χ4v) is 3.25. The molecule has 0 spiro atoms. The summed E-state index contributed by atoms with van der Waals surface area (Å²) in [5.41, 5.74) is 5.78. The smallest absolute Gasteiger partial charge is 0.0734 e. The van der Waals surface area contributed by atoms with Gasteiger partial charge in [-0.05, 0) is 38.3 Å². The monoisotopic (exact) mass is 277 g/mol. The average molecular weight is 277 g/mol. The average Bonchev–Trinajstić information content (AvgIpc) is 3.22. The van der Waals surface area contributed by atoms with Gasteiger partial charge in [-0.3, -0.25) is 0 Å². The van der Waals surface area contributed by atoms with Gasteiger partial charge in [-0.2, -0.15) is 0 Å². The van der Waals surface area contributed by atoms with Crippen molar-refractivity contribution in [3.63, 3.8) is 0 Å². The zero-order valence-electron chi connectivity index (χ0n) is 13.1. The minimum Gasteiger partial charge on any atom is -0.358 e. The molecule has 0 amide bonds. The molecule has 0 saturated carbocycles. The molecule has 1 fully saturated rings. The molecule has 1 heteroatoms. The summed E-state index contributed by atoms with van der Waals surface area (Å²) in [6.45, 7) is 6.76. The highest BCUT2D eigenvalue weighted by molar-refractivity contribution is 5.37. The molecular formula is C20H23N. The molecule has 0 N–H and O–H groups in total. The first-order valence-electron chi connectivity index (χ1n) is 7.73. The van der Waals surface area contributed by atoms with Crippen LogP contribution in [0.2, 0.25) is 0 Å². The molecule has 21 heavy (non-hydrogen) atoms. The van der Waals surface area contributed by atoms with Crippen LogP contribution in [0.3, 0.4) is 0 Å². The third kappa shape index (κ3) is 2.87. The molecule has 1 aliphatic heterocycles. The Balaban J connectivity index is 1.80. The highest BCUT2D eigenvalue weighted by Gasteiger charge is 2.44. The Morgan fingerprint density at radius 1 is 0.952 bits per heavy atom. The van der Waals surface area contributed by atoms with Gasteiger partial charge in [-0.1, -0.05) is 66.2 Å². The van der Waals surface area contributed by atoms with Crippen LogP contribution in [0.5, 0.6) is 0 Å². The second kappa shape index (κ2) is 5.77. The third-order valence-electron chi connectivity index (χ3n) is 4.35. The van der Waals surface area contributed by atoms with Crippen LogP contribution in [0.25, 0.3) is 0 Å². The molecule has 0 radical (unpaired) electrons. The van der Waals surface area contributed by atoms with E-state index in [0.29, 0.717) is 12.1 Å². The van der Waals surface area contributed by atoms with Crippen LogP contribution >= 0.6 is 0 Å². The first-order chi connectivity index (χ1) is 10.2. The Morgan fingerprint density at radius 3 is 2.10 bits per heavy atom. The molecule has 0 unspecified atom stereocenters. The van der Waals surface area contributed by atoms with Crippen LogP contribution in [0, 0.1) is 0 Å². The van der Waals surface area contributed by atoms with Crippen molar-refractivity contribution in [2.45, 2.75) is 39.3 Å². The lowest BCUT2D eigenvalue weighted by atomic mass is 10.1. The van der Waals surface area contributed by atoms with Crippen LogP contribution < -0.4 is 0 Å². The quantitative estimate of drug-likeness (QED) is 0.713. The minimum absolute atomic E-state index is 0.449. The molecule has 2 aromatic rings. The van der Waals surface area contributed by atoms with Gasteiger partial charge in [0.25, 0.3) is 0 Å². The van der Waals surface area contributed by atoms with E-state index in [-0.39, 0.29) is 0 Å². The van der Waals surface area contributed by atoms with Crippen molar-refractivity contribution in [1.29, 1.82) is 0 Å². The summed E-state index contributed by atoms with van der Waals surface area (Å²) < 4.78 is 0. The van der Waals surface area contributed by atoms with Crippen LogP contribution in [0.15, 0.2) is 71.9 Å². The van der Waals surface area contributed by atoms with Gasteiger partial charge in [0.05, 0.1) is 12.1 Å². The summed E-state index contributed by atoms with van der Waals surface area (Å²) in [7, 11) is 0. The molecule has 0 aromatic heterocycles. The fraction of sp³-hybridized carbons (Fsp3) is 0.300. The Morgan fingerprint density at radius 2 is 1.52 bits per heavy atom. The molecule has 108 valence electrons. The van der Waals surface area contributed by atoms with Crippen molar-refractivity contribution in [3.8, 4) is 0 Å². The molecule has 3 rings (SSSR count). The summed E-state index contributed by atoms with van der Waals surface area (Å²) in [6.07, 6.45) is 1.11. The van der Waals surface area contributed by atoms with E-state index in [1.54, 1.807) is 0 Å². The van der Waals surface area contributed by atoms with E-state index in [1.807, 2.05) is 0 Å². The molecule has 0 bridgehead atoms. The molecule has 1 nitrogen and oxygen atoms in total. The number of rotatable bonds is 4. The number of hydrogen-bond acceptors (Lipinski definition) is 1. The van der Waals surface area contributed by atoms with Gasteiger partial charge in [-0.15, -0.1) is 0 Å². The second-order valence-corrected chi connectivity index (χ2v) is 6.08. The van der Waals surface area contributed by atoms with Crippen LogP contribution in [0.1, 0.15) is 37.9 Å². The molecule has 1 saturated heterocycles. The van der Waals surface area contributed by atoms with Gasteiger partial charge in [-0.25, -0.2) is 0 Å². The van der Waals surface area contributed by atoms with Gasteiger partial charge in [0.1, 0.15) is 0 Å². The van der Waals surface area contributed by atoms with Crippen molar-refractivity contribution in [1.82, 2.24) is 4.90 Å². The largest absolute Gasteiger partial charge is 0.358 e. The van der Waals surface area contributed by atoms with Gasteiger partial charge >= 0.3 is 0 Å². The van der Waals surface area contributed by atoms with Gasteiger partial charge in [0.2, 0.25) is 0 Å². The van der Waals surface area contributed by atoms with Crippen molar-refractivity contribution < 1.29 is 0 Å². The lowest BCUT2D eigenvalue weighted by Gasteiger charge is -2.15. The molecule has 2 aromatic carbocycles. The van der Waals surface area contributed by atoms with E-state index in [9.17, 15) is 0 Å². The number of allylic oxidation sites excluding steroid dienone is 1. The number of nitrogens with zero attached hydrogens (tertiary/aromatic N) is 1. The highest BCUT2D eigenvalue weighted by atomic mass is 15.3. The first kappa shape index (κ1) is 13.9. The van der Waals surface area contributed by atoms with E-state index in [0.717, 1.165) is 6.42 Å². The summed E-state index contributed by atoms with van der Waals surface area (Å²) in [4.78, 5) is 2.57. The van der Waals surface area contributed by atoms with E-state index in [2.05, 4.69) is 86.3 Å². The second-order valence-electron chi connectivity index (χ2n) is 6.08. The van der Waals surface area contributed by atoms with Crippen molar-refractivity contribution in [2.24, 2.45) is 0 Å². The SMILES string of the molecule is CC(C)=C1[C@@H](Cc2ccccc2)N1[C@H](C)c1ccccc1. The maximum atomic E-state index is 2.57. The third-order valence-corrected chi connectivity index (χ3v) is 4.35. The van der Waals surface area contributed by atoms with E-state index >= 15 is 0 Å². The predicted molar refractivity (Wildman–Crippen MR) is 89.0 cm³/mol. The fourth-order valence-electron chi connectivity index (χ4n) is 3.25. The summed E-state index contributed by atoms with van der Waals surface area (Å²) in [6, 6.07) is 22.6. The molecule has 0 aliphatic carbocycles. The summed E-state index contributed by atoms with van der Waals surface area (Å²) in [5.74, 6) is 0. The minimum atomic E-state index is 0.449. The number of benzene rings is 2. The van der Waals surface area contributed by atoms with Crippen molar-refractivity contribution >= 4 is 0 Å². The van der Waals surface area contributed by atoms with E-state index in [1.165, 1.54) is 22.4 Å². The molecular weight excluding hydrogens is 254 g/mol. The topological polar surface area (TPSA) is 3.01 Å². The van der Waals surface area contributed by atoms with Gasteiger partial charge in [0, 0.05) is 5.70 Å². The highest BCUT2D eigenvalue weighted by Crippen LogP contribution is 2.45. The Kier molecular flexibility index (Phi) is 3.83. The van der Waals surface area contributed by atoms with E-state index in [4.69, 9.17) is 0 Å². The first-order valence-corrected chi connectivity index (χ1v) is 7.73. The van der Waals surface area contributed by atoms with Crippen molar-refractivity contribution in [3.05, 3.63) is 83.1 Å². The normalized spacial score (nSPS) is 18.5. The van der Waals surface area contributed by atoms with E-state index < -0.39 is 0 Å². The standard InChI is InChI=1S/C20H23N/c1-15(2)20-19(14-17-10-6-4-7-11-17)21(20)16(3)18-12-8-5-9-13-18/h4-13,16,19H,14H2,1-3H3/t16-,19-,21?/m1/s1. The van der Waals surface area contributed by atoms with Gasteiger partial charge < -0.3 is 4.90 Å². The summed E-state index contributed by atoms with van der Waals surface area (Å²) >= 11 is 0. The van der Waals surface area contributed by atoms with Gasteiger partial charge in [0.15, 0.2) is 0 Å². The lowest BCUT2D eigenvalue weighted by molar-refractivity contribution is 0.415. The lowest BCUT2D eigenvalue weighted by Crippen LogP contribution is -2.10. The Bertz CT molecular complexity index is 623. The molecule has 1 aliphatic rings. The van der Waals surface area contributed by atoms with Crippen LogP contribution in [-0.4, -0.2) is 10.9 Å². The maximum absolute atomic E-state index is 2.57. The molecule has 2 atom stereocenters. The zero-order valence-corrected chi connectivity index (χ0v) is 13.1. The number of hydrogen-bond donors (Lipinski definition) is 0. The maximum Gasteiger partial charge on any atom is 0.0734 e. The predicted octanol–water partition coefficient (Wildman–Crippen LogP) is 4.97. The molecule has 1 heterocycles. The van der Waals surface area contributed by atoms with Crippen LogP contribution in [-0.2, 0) is 6.42 Å². The van der Waals surface area contributed by atoms with Crippen LogP contribution in [0.4, 0.5) is 0 Å².